The van der Waals surface area contributed by atoms with Crippen LogP contribution in [0.2, 0.25) is 0 Å². The maximum Gasteiger partial charge on any atom is 0.209 e. The van der Waals surface area contributed by atoms with Gasteiger partial charge in [-0.1, -0.05) is 72.1 Å². The smallest absolute Gasteiger partial charge is 0.209 e. The minimum absolute atomic E-state index is 0.678. The van der Waals surface area contributed by atoms with Gasteiger partial charge >= 0.3 is 0 Å². The predicted octanol–water partition coefficient (Wildman–Crippen LogP) is 3.54. The Labute approximate surface area is 134 Å². The maximum atomic E-state index is 4.48. The van der Waals surface area contributed by atoms with Gasteiger partial charge < -0.3 is 0 Å². The van der Waals surface area contributed by atoms with E-state index in [0.717, 1.165) is 23.0 Å². The number of hydrogen-bond acceptors (Lipinski definition) is 3. The lowest BCUT2D eigenvalue weighted by Crippen LogP contribution is -1.90. The summed E-state index contributed by atoms with van der Waals surface area (Å²) in [6.07, 6.45) is 0.768. The van der Waals surface area contributed by atoms with E-state index in [1.54, 1.807) is 11.8 Å². The Hall–Kier alpha value is -2.51. The highest BCUT2D eigenvalue weighted by molar-refractivity contribution is 7.99. The zero-order valence-electron chi connectivity index (χ0n) is 12.0. The first-order valence-electron chi connectivity index (χ1n) is 7.02. The highest BCUT2D eigenvalue weighted by Gasteiger charge is 2.03. The number of aromatic nitrogens is 3. The Balaban J connectivity index is 1.53. The summed E-state index contributed by atoms with van der Waals surface area (Å²) in [5, 5.41) is 7.94. The fraction of sp³-hybridized carbons (Fsp3) is 0.111. The third-order valence-corrected chi connectivity index (χ3v) is 3.73. The van der Waals surface area contributed by atoms with E-state index in [4.69, 9.17) is 0 Å². The molecule has 0 spiro atoms. The molecule has 0 amide bonds. The van der Waals surface area contributed by atoms with Crippen LogP contribution in [-0.2, 0) is 6.42 Å². The van der Waals surface area contributed by atoms with Crippen molar-refractivity contribution in [2.24, 2.45) is 0 Å². The van der Waals surface area contributed by atoms with Crippen molar-refractivity contribution >= 4 is 11.8 Å². The number of H-pyrrole nitrogens is 1. The summed E-state index contributed by atoms with van der Waals surface area (Å²) >= 11 is 1.54. The monoisotopic (exact) mass is 305 g/mol. The van der Waals surface area contributed by atoms with Crippen LogP contribution in [0.4, 0.5) is 0 Å². The first-order valence-corrected chi connectivity index (χ1v) is 8.00. The molecule has 0 aliphatic rings. The lowest BCUT2D eigenvalue weighted by Gasteiger charge is -1.95. The highest BCUT2D eigenvalue weighted by Crippen LogP contribution is 2.13. The van der Waals surface area contributed by atoms with Crippen LogP contribution in [0.1, 0.15) is 17.0 Å². The molecule has 0 aliphatic carbocycles. The van der Waals surface area contributed by atoms with Crippen LogP contribution in [0, 0.1) is 11.8 Å². The number of aromatic amines is 1. The second kappa shape index (κ2) is 7.48. The first kappa shape index (κ1) is 14.4. The molecule has 3 aromatic rings. The van der Waals surface area contributed by atoms with Crippen molar-refractivity contribution in [3.8, 4) is 11.8 Å². The molecule has 0 atom stereocenters. The van der Waals surface area contributed by atoms with Gasteiger partial charge in [0.15, 0.2) is 0 Å². The molecule has 0 radical (unpaired) electrons. The third kappa shape index (κ3) is 4.24. The minimum Gasteiger partial charge on any atom is -0.262 e. The molecular formula is C18H15N3S. The van der Waals surface area contributed by atoms with Crippen LogP contribution in [-0.4, -0.2) is 20.9 Å². The molecule has 0 fully saturated rings. The lowest BCUT2D eigenvalue weighted by molar-refractivity contribution is 0.957. The van der Waals surface area contributed by atoms with Crippen molar-refractivity contribution in [1.82, 2.24) is 15.2 Å². The van der Waals surface area contributed by atoms with Crippen LogP contribution in [0.5, 0.6) is 0 Å². The summed E-state index contributed by atoms with van der Waals surface area (Å²) < 4.78 is 0. The van der Waals surface area contributed by atoms with Crippen LogP contribution in [0.15, 0.2) is 65.8 Å². The SMILES string of the molecule is C(#Cc1ccccc1)CSc1n[nH]c(Cc2ccccc2)n1. The molecule has 1 heterocycles. The van der Waals surface area contributed by atoms with Gasteiger partial charge in [-0.2, -0.15) is 0 Å². The number of hydrogen-bond donors (Lipinski definition) is 1. The minimum atomic E-state index is 0.678. The normalized spacial score (nSPS) is 10.0. The summed E-state index contributed by atoms with van der Waals surface area (Å²) in [4.78, 5) is 4.48. The Morgan fingerprint density at radius 3 is 2.45 bits per heavy atom. The van der Waals surface area contributed by atoms with Crippen LogP contribution in [0.3, 0.4) is 0 Å². The van der Waals surface area contributed by atoms with E-state index < -0.39 is 0 Å². The Morgan fingerprint density at radius 2 is 1.68 bits per heavy atom. The third-order valence-electron chi connectivity index (χ3n) is 3.01. The Morgan fingerprint density at radius 1 is 0.955 bits per heavy atom. The van der Waals surface area contributed by atoms with Gasteiger partial charge in [0.2, 0.25) is 5.16 Å². The van der Waals surface area contributed by atoms with Gasteiger partial charge in [-0.05, 0) is 17.7 Å². The molecule has 0 saturated carbocycles. The zero-order chi connectivity index (χ0) is 15.0. The van der Waals surface area contributed by atoms with E-state index in [1.807, 2.05) is 48.5 Å². The lowest BCUT2D eigenvalue weighted by atomic mass is 10.1. The number of benzene rings is 2. The van der Waals surface area contributed by atoms with Gasteiger partial charge in [-0.15, -0.1) is 5.10 Å². The molecule has 1 N–H and O–H groups in total. The second-order valence-corrected chi connectivity index (χ2v) is 5.63. The standard InChI is InChI=1S/C18H15N3S/c1-3-8-15(9-4-1)12-7-13-22-18-19-17(20-21-18)14-16-10-5-2-6-11-16/h1-6,8-11H,13-14H2,(H,19,20,21). The molecule has 0 bridgehead atoms. The predicted molar refractivity (Wildman–Crippen MR) is 89.7 cm³/mol. The van der Waals surface area contributed by atoms with Crippen LogP contribution in [0.25, 0.3) is 0 Å². The topological polar surface area (TPSA) is 41.6 Å². The summed E-state index contributed by atoms with van der Waals surface area (Å²) in [5.41, 5.74) is 2.25. The quantitative estimate of drug-likeness (QED) is 0.592. The van der Waals surface area contributed by atoms with Gasteiger partial charge in [-0.3, -0.25) is 5.10 Å². The van der Waals surface area contributed by atoms with Crippen molar-refractivity contribution < 1.29 is 0 Å². The largest absolute Gasteiger partial charge is 0.262 e. The fourth-order valence-corrected chi connectivity index (χ4v) is 2.53. The van der Waals surface area contributed by atoms with Gasteiger partial charge in [0, 0.05) is 12.0 Å². The number of nitrogens with one attached hydrogen (secondary N) is 1. The van der Waals surface area contributed by atoms with Gasteiger partial charge in [0.1, 0.15) is 5.82 Å². The number of rotatable bonds is 4. The molecule has 3 rings (SSSR count). The van der Waals surface area contributed by atoms with E-state index >= 15 is 0 Å². The molecule has 4 heteroatoms. The molecule has 2 aromatic carbocycles. The van der Waals surface area contributed by atoms with Crippen molar-refractivity contribution in [1.29, 1.82) is 0 Å². The summed E-state index contributed by atoms with van der Waals surface area (Å²) in [7, 11) is 0. The van der Waals surface area contributed by atoms with E-state index in [1.165, 1.54) is 5.56 Å². The van der Waals surface area contributed by atoms with E-state index in [9.17, 15) is 0 Å². The van der Waals surface area contributed by atoms with Gasteiger partial charge in [0.25, 0.3) is 0 Å². The molecule has 0 saturated heterocycles. The van der Waals surface area contributed by atoms with Crippen molar-refractivity contribution in [3.05, 3.63) is 77.6 Å². The number of nitrogens with zero attached hydrogens (tertiary/aromatic N) is 2. The van der Waals surface area contributed by atoms with Crippen molar-refractivity contribution in [3.63, 3.8) is 0 Å². The van der Waals surface area contributed by atoms with Gasteiger partial charge in [-0.25, -0.2) is 4.98 Å². The molecule has 0 unspecified atom stereocenters. The highest BCUT2D eigenvalue weighted by atomic mass is 32.2. The second-order valence-electron chi connectivity index (χ2n) is 4.68. The van der Waals surface area contributed by atoms with E-state index in [-0.39, 0.29) is 0 Å². The molecule has 0 aliphatic heterocycles. The van der Waals surface area contributed by atoms with E-state index in [2.05, 4.69) is 39.2 Å². The van der Waals surface area contributed by atoms with Crippen molar-refractivity contribution in [2.75, 3.05) is 5.75 Å². The van der Waals surface area contributed by atoms with E-state index in [0.29, 0.717) is 5.75 Å². The number of thioether (sulfide) groups is 1. The van der Waals surface area contributed by atoms with Crippen LogP contribution >= 0.6 is 11.8 Å². The summed E-state index contributed by atoms with van der Waals surface area (Å²) in [6, 6.07) is 20.2. The summed E-state index contributed by atoms with van der Waals surface area (Å²) in [5.74, 6) is 7.81. The van der Waals surface area contributed by atoms with Crippen molar-refractivity contribution in [2.45, 2.75) is 11.6 Å². The molecule has 108 valence electrons. The Bertz CT molecular complexity index is 770. The molecule has 22 heavy (non-hydrogen) atoms. The Kier molecular flexibility index (Phi) is 4.91. The average Bonchev–Trinajstić information content (AvgIpc) is 3.01. The molecular weight excluding hydrogens is 290 g/mol. The maximum absolute atomic E-state index is 4.48. The van der Waals surface area contributed by atoms with Gasteiger partial charge in [0.05, 0.1) is 5.75 Å². The first-order chi connectivity index (χ1) is 10.9. The fourth-order valence-electron chi connectivity index (χ4n) is 1.97. The molecule has 3 nitrogen and oxygen atoms in total. The molecule has 1 aromatic heterocycles. The summed E-state index contributed by atoms with van der Waals surface area (Å²) in [6.45, 7) is 0. The van der Waals surface area contributed by atoms with Crippen LogP contribution < -0.4 is 0 Å². The average molecular weight is 305 g/mol. The zero-order valence-corrected chi connectivity index (χ0v) is 12.8.